The van der Waals surface area contributed by atoms with Crippen LogP contribution in [0.25, 0.3) is 17.2 Å². The van der Waals surface area contributed by atoms with Crippen molar-refractivity contribution in [1.29, 1.82) is 0 Å². The Hall–Kier alpha value is -2.10. The van der Waals surface area contributed by atoms with Crippen molar-refractivity contribution in [3.63, 3.8) is 0 Å². The van der Waals surface area contributed by atoms with Gasteiger partial charge < -0.3 is 4.74 Å². The predicted molar refractivity (Wildman–Crippen MR) is 112 cm³/mol. The minimum absolute atomic E-state index is 0.00511. The van der Waals surface area contributed by atoms with Gasteiger partial charge in [-0.3, -0.25) is 9.69 Å². The van der Waals surface area contributed by atoms with Crippen molar-refractivity contribution < 1.29 is 9.53 Å². The summed E-state index contributed by atoms with van der Waals surface area (Å²) in [7, 11) is 1.52. The molecule has 4 aliphatic rings. The van der Waals surface area contributed by atoms with Gasteiger partial charge in [-0.2, -0.15) is 0 Å². The average molecular weight is 394 g/mol. The lowest BCUT2D eigenvalue weighted by Gasteiger charge is -2.50. The van der Waals surface area contributed by atoms with Crippen molar-refractivity contribution >= 4 is 23.6 Å². The maximum atomic E-state index is 12.5. The number of nitrogens with zero attached hydrogens (tertiary/aromatic N) is 1. The number of hydrogen-bond acceptors (Lipinski definition) is 3. The van der Waals surface area contributed by atoms with E-state index in [-0.39, 0.29) is 11.9 Å². The number of halogens is 1. The molecule has 2 aromatic carbocycles. The van der Waals surface area contributed by atoms with Crippen molar-refractivity contribution in [3.05, 3.63) is 64.7 Å². The number of piperidine rings is 3. The van der Waals surface area contributed by atoms with E-state index in [4.69, 9.17) is 16.3 Å². The van der Waals surface area contributed by atoms with E-state index in [1.165, 1.54) is 24.7 Å². The van der Waals surface area contributed by atoms with Crippen LogP contribution in [-0.2, 0) is 9.53 Å². The van der Waals surface area contributed by atoms with E-state index in [9.17, 15) is 4.79 Å². The van der Waals surface area contributed by atoms with Gasteiger partial charge >= 0.3 is 5.97 Å². The third-order valence-corrected chi connectivity index (χ3v) is 7.04. The molecule has 144 valence electrons. The monoisotopic (exact) mass is 393 g/mol. The molecule has 0 aliphatic carbocycles. The fourth-order valence-electron chi connectivity index (χ4n) is 5.53. The number of fused-ring (bicyclic) bond motifs is 1. The van der Waals surface area contributed by atoms with Crippen molar-refractivity contribution in [2.24, 2.45) is 11.8 Å². The summed E-state index contributed by atoms with van der Waals surface area (Å²) in [5.41, 5.74) is 4.84. The molecule has 6 rings (SSSR count). The van der Waals surface area contributed by atoms with E-state index < -0.39 is 0 Å². The largest absolute Gasteiger partial charge is 0.469 e. The molecule has 0 saturated carbocycles. The Bertz CT molecular complexity index is 936. The summed E-state index contributed by atoms with van der Waals surface area (Å²) in [5.74, 6) is 0.277. The predicted octanol–water partition coefficient (Wildman–Crippen LogP) is 5.05. The number of rotatable bonds is 3. The number of carbonyl (C=O) groups excluding carboxylic acids is 1. The van der Waals surface area contributed by atoms with Crippen LogP contribution in [0.15, 0.2) is 54.1 Å². The van der Waals surface area contributed by atoms with E-state index in [2.05, 4.69) is 41.3 Å². The molecule has 0 aromatic heterocycles. The van der Waals surface area contributed by atoms with Gasteiger partial charge in [0, 0.05) is 23.7 Å². The number of hydrogen-bond donors (Lipinski definition) is 0. The molecule has 1 unspecified atom stereocenters. The molecule has 5 atom stereocenters. The maximum Gasteiger partial charge on any atom is 0.310 e. The normalized spacial score (nSPS) is 31.9. The molecular weight excluding hydrogens is 370 g/mol. The van der Waals surface area contributed by atoms with Gasteiger partial charge in [0.2, 0.25) is 0 Å². The standard InChI is InChI=1S/C24H24ClNO2/c1-28-24(27)23-21-13-20-9-10-22(23)26(20)14-18(21)11-15-5-7-16(8-6-15)17-3-2-4-19(25)12-17/h2-8,11-12,20-23H,9-10,13-14H2,1H3/b18-11+/t20-,21+,22+,23-/m0/s1. The highest BCUT2D eigenvalue weighted by molar-refractivity contribution is 6.30. The Morgan fingerprint density at radius 1 is 1.14 bits per heavy atom. The highest BCUT2D eigenvalue weighted by Gasteiger charge is 2.55. The Labute approximate surface area is 170 Å². The zero-order valence-corrected chi connectivity index (χ0v) is 16.7. The molecule has 4 bridgehead atoms. The minimum Gasteiger partial charge on any atom is -0.469 e. The second-order valence-electron chi connectivity index (χ2n) is 8.21. The molecule has 3 nitrogen and oxygen atoms in total. The Kier molecular flexibility index (Phi) is 4.53. The fraction of sp³-hybridized carbons (Fsp3) is 0.375. The molecule has 0 N–H and O–H groups in total. The fourth-order valence-corrected chi connectivity index (χ4v) is 5.72. The molecule has 0 amide bonds. The van der Waals surface area contributed by atoms with Gasteiger partial charge in [0.05, 0.1) is 13.0 Å². The van der Waals surface area contributed by atoms with Crippen molar-refractivity contribution in [3.8, 4) is 11.1 Å². The first-order chi connectivity index (χ1) is 13.6. The van der Waals surface area contributed by atoms with Crippen LogP contribution in [0.2, 0.25) is 5.02 Å². The first kappa shape index (κ1) is 18.0. The molecule has 4 fully saturated rings. The maximum absolute atomic E-state index is 12.5. The minimum atomic E-state index is -0.0396. The van der Waals surface area contributed by atoms with E-state index in [1.807, 2.05) is 18.2 Å². The Morgan fingerprint density at radius 3 is 2.71 bits per heavy atom. The number of esters is 1. The molecule has 4 saturated heterocycles. The molecule has 4 aliphatic heterocycles. The first-order valence-electron chi connectivity index (χ1n) is 10.0. The molecule has 0 radical (unpaired) electrons. The summed E-state index contributed by atoms with van der Waals surface area (Å²) in [6, 6.07) is 17.5. The van der Waals surface area contributed by atoms with Crippen LogP contribution in [0.4, 0.5) is 0 Å². The number of methoxy groups -OCH3 is 1. The summed E-state index contributed by atoms with van der Waals surface area (Å²) in [6.45, 7) is 0.990. The van der Waals surface area contributed by atoms with Crippen LogP contribution in [0.3, 0.4) is 0 Å². The summed E-state index contributed by atoms with van der Waals surface area (Å²) >= 11 is 6.12. The van der Waals surface area contributed by atoms with Crippen LogP contribution in [0, 0.1) is 11.8 Å². The summed E-state index contributed by atoms with van der Waals surface area (Å²) in [6.07, 6.45) is 5.72. The van der Waals surface area contributed by atoms with Crippen molar-refractivity contribution in [2.45, 2.75) is 31.3 Å². The zero-order chi connectivity index (χ0) is 19.3. The van der Waals surface area contributed by atoms with Crippen molar-refractivity contribution in [1.82, 2.24) is 4.90 Å². The molecule has 28 heavy (non-hydrogen) atoms. The molecular formula is C24H24ClNO2. The van der Waals surface area contributed by atoms with Gasteiger partial charge in [-0.25, -0.2) is 0 Å². The van der Waals surface area contributed by atoms with Crippen LogP contribution >= 0.6 is 11.6 Å². The molecule has 2 aromatic rings. The summed E-state index contributed by atoms with van der Waals surface area (Å²) < 4.78 is 5.16. The van der Waals surface area contributed by atoms with Crippen LogP contribution < -0.4 is 0 Å². The molecule has 4 heterocycles. The lowest BCUT2D eigenvalue weighted by atomic mass is 9.71. The summed E-state index contributed by atoms with van der Waals surface area (Å²) in [5, 5.41) is 0.749. The number of ether oxygens (including phenoxy) is 1. The molecule has 4 heteroatoms. The summed E-state index contributed by atoms with van der Waals surface area (Å²) in [4.78, 5) is 15.0. The smallest absolute Gasteiger partial charge is 0.310 e. The zero-order valence-electron chi connectivity index (χ0n) is 16.0. The van der Waals surface area contributed by atoms with E-state index in [1.54, 1.807) is 0 Å². The van der Waals surface area contributed by atoms with Crippen LogP contribution in [0.1, 0.15) is 24.8 Å². The van der Waals surface area contributed by atoms with Gasteiger partial charge in [0.1, 0.15) is 0 Å². The lowest BCUT2D eigenvalue weighted by molar-refractivity contribution is -0.153. The van der Waals surface area contributed by atoms with E-state index in [0.717, 1.165) is 35.5 Å². The van der Waals surface area contributed by atoms with Gasteiger partial charge in [-0.05, 0) is 54.0 Å². The Balaban J connectivity index is 1.42. The second-order valence-corrected chi connectivity index (χ2v) is 8.65. The van der Waals surface area contributed by atoms with Crippen molar-refractivity contribution in [2.75, 3.05) is 13.7 Å². The van der Waals surface area contributed by atoms with Gasteiger partial charge in [0.15, 0.2) is 0 Å². The third-order valence-electron chi connectivity index (χ3n) is 6.80. The first-order valence-corrected chi connectivity index (χ1v) is 10.4. The lowest BCUT2D eigenvalue weighted by Crippen LogP contribution is -2.58. The van der Waals surface area contributed by atoms with Crippen LogP contribution in [-0.4, -0.2) is 36.6 Å². The SMILES string of the molecule is COC(=O)[C@H]1[C@@H]2C[C@@H]3CC[C@H]1N3C/C2=C\c1ccc(-c2cccc(Cl)c2)cc1. The third kappa shape index (κ3) is 2.98. The second kappa shape index (κ2) is 7.06. The number of carbonyl (C=O) groups is 1. The Morgan fingerprint density at radius 2 is 1.96 bits per heavy atom. The highest BCUT2D eigenvalue weighted by Crippen LogP contribution is 2.50. The van der Waals surface area contributed by atoms with E-state index >= 15 is 0 Å². The van der Waals surface area contributed by atoms with E-state index in [0.29, 0.717) is 18.0 Å². The molecule has 0 spiro atoms. The average Bonchev–Trinajstić information content (AvgIpc) is 3.02. The highest BCUT2D eigenvalue weighted by atomic mass is 35.5. The topological polar surface area (TPSA) is 29.5 Å². The van der Waals surface area contributed by atoms with Gasteiger partial charge in [0.25, 0.3) is 0 Å². The number of benzene rings is 2. The van der Waals surface area contributed by atoms with Crippen LogP contribution in [0.5, 0.6) is 0 Å². The quantitative estimate of drug-likeness (QED) is 0.683. The van der Waals surface area contributed by atoms with Gasteiger partial charge in [-0.15, -0.1) is 0 Å². The van der Waals surface area contributed by atoms with Gasteiger partial charge in [-0.1, -0.05) is 59.6 Å².